The normalized spacial score (nSPS) is 19.0. The lowest BCUT2D eigenvalue weighted by Crippen LogP contribution is -2.27. The summed E-state index contributed by atoms with van der Waals surface area (Å²) < 4.78 is 2.02. The van der Waals surface area contributed by atoms with Crippen molar-refractivity contribution in [2.24, 2.45) is 7.05 Å². The highest BCUT2D eigenvalue weighted by Crippen LogP contribution is 2.39. The van der Waals surface area contributed by atoms with Crippen molar-refractivity contribution in [3.8, 4) is 0 Å². The first-order chi connectivity index (χ1) is 9.79. The Hall–Kier alpha value is -1.68. The lowest BCUT2D eigenvalue weighted by atomic mass is 9.94. The summed E-state index contributed by atoms with van der Waals surface area (Å²) in [7, 11) is 2.02. The minimum Gasteiger partial charge on any atom is -0.340 e. The van der Waals surface area contributed by atoms with Gasteiger partial charge < -0.3 is 9.88 Å². The van der Waals surface area contributed by atoms with Crippen LogP contribution in [0.5, 0.6) is 0 Å². The Balaban J connectivity index is 1.90. The highest BCUT2D eigenvalue weighted by atomic mass is 15.0. The van der Waals surface area contributed by atoms with Crippen molar-refractivity contribution >= 4 is 0 Å². The lowest BCUT2D eigenvalue weighted by Gasteiger charge is -2.23. The Morgan fingerprint density at radius 3 is 3.10 bits per heavy atom. The van der Waals surface area contributed by atoms with E-state index in [9.17, 15) is 0 Å². The zero-order chi connectivity index (χ0) is 13.9. The minimum atomic E-state index is 0.271. The van der Waals surface area contributed by atoms with E-state index in [-0.39, 0.29) is 6.04 Å². The molecule has 0 fully saturated rings. The molecule has 0 aliphatic heterocycles. The van der Waals surface area contributed by atoms with E-state index in [1.807, 2.05) is 30.2 Å². The van der Waals surface area contributed by atoms with Crippen LogP contribution in [-0.4, -0.2) is 21.1 Å². The third-order valence-electron chi connectivity index (χ3n) is 4.06. The van der Waals surface area contributed by atoms with Crippen molar-refractivity contribution in [1.29, 1.82) is 0 Å². The van der Waals surface area contributed by atoms with Gasteiger partial charge in [-0.15, -0.1) is 0 Å². The Labute approximate surface area is 120 Å². The smallest absolute Gasteiger partial charge is 0.0947 e. The summed E-state index contributed by atoms with van der Waals surface area (Å²) in [5, 5.41) is 3.67. The topological polar surface area (TPSA) is 42.7 Å². The summed E-state index contributed by atoms with van der Waals surface area (Å²) in [4.78, 5) is 9.19. The fraction of sp³-hybridized carbons (Fsp3) is 0.500. The Kier molecular flexibility index (Phi) is 3.83. The van der Waals surface area contributed by atoms with Crippen LogP contribution in [0, 0.1) is 0 Å². The number of hydrogen-bond acceptors (Lipinski definition) is 3. The van der Waals surface area contributed by atoms with E-state index in [1.165, 1.54) is 11.3 Å². The van der Waals surface area contributed by atoms with Gasteiger partial charge in [-0.2, -0.15) is 0 Å². The second-order valence-corrected chi connectivity index (χ2v) is 5.59. The zero-order valence-electron chi connectivity index (χ0n) is 12.2. The standard InChI is InChI=1S/C16H22N4/c1-3-8-17-16(14-10-20(2)11-19-14)13-7-6-12-5-4-9-18-15(12)13/h4-5,9-11,13,16-17H,3,6-8H2,1-2H3. The molecule has 3 rings (SSSR count). The van der Waals surface area contributed by atoms with Gasteiger partial charge in [0.15, 0.2) is 0 Å². The van der Waals surface area contributed by atoms with Crippen molar-refractivity contribution in [2.45, 2.75) is 38.1 Å². The van der Waals surface area contributed by atoms with Gasteiger partial charge in [0.2, 0.25) is 0 Å². The molecular formula is C16H22N4. The van der Waals surface area contributed by atoms with Crippen molar-refractivity contribution in [2.75, 3.05) is 6.54 Å². The van der Waals surface area contributed by atoms with E-state index in [1.54, 1.807) is 0 Å². The molecule has 2 aromatic heterocycles. The van der Waals surface area contributed by atoms with Gasteiger partial charge in [-0.25, -0.2) is 4.98 Å². The number of nitrogens with one attached hydrogen (secondary N) is 1. The average molecular weight is 270 g/mol. The van der Waals surface area contributed by atoms with Gasteiger partial charge >= 0.3 is 0 Å². The fourth-order valence-electron chi connectivity index (χ4n) is 3.11. The summed E-state index contributed by atoms with van der Waals surface area (Å²) >= 11 is 0. The van der Waals surface area contributed by atoms with E-state index in [4.69, 9.17) is 0 Å². The van der Waals surface area contributed by atoms with Crippen LogP contribution in [-0.2, 0) is 13.5 Å². The Morgan fingerprint density at radius 1 is 1.45 bits per heavy atom. The largest absolute Gasteiger partial charge is 0.340 e. The molecule has 20 heavy (non-hydrogen) atoms. The van der Waals surface area contributed by atoms with Gasteiger partial charge in [0.1, 0.15) is 0 Å². The summed E-state index contributed by atoms with van der Waals surface area (Å²) in [6.07, 6.45) is 9.32. The maximum absolute atomic E-state index is 4.63. The third-order valence-corrected chi connectivity index (χ3v) is 4.06. The second kappa shape index (κ2) is 5.75. The number of hydrogen-bond donors (Lipinski definition) is 1. The summed E-state index contributed by atoms with van der Waals surface area (Å²) in [6, 6.07) is 4.51. The van der Waals surface area contributed by atoms with Crippen LogP contribution in [0.15, 0.2) is 30.9 Å². The number of rotatable bonds is 5. The zero-order valence-corrected chi connectivity index (χ0v) is 12.2. The minimum absolute atomic E-state index is 0.271. The van der Waals surface area contributed by atoms with Gasteiger partial charge in [0.05, 0.1) is 18.1 Å². The predicted molar refractivity (Wildman–Crippen MR) is 79.5 cm³/mol. The van der Waals surface area contributed by atoms with E-state index in [0.717, 1.165) is 31.5 Å². The second-order valence-electron chi connectivity index (χ2n) is 5.59. The molecule has 0 radical (unpaired) electrons. The highest BCUT2D eigenvalue weighted by Gasteiger charge is 2.32. The fourth-order valence-corrected chi connectivity index (χ4v) is 3.11. The first kappa shape index (κ1) is 13.3. The SMILES string of the molecule is CCCNC(c1cn(C)cn1)C1CCc2cccnc21. The molecule has 2 atom stereocenters. The van der Waals surface area contributed by atoms with Crippen LogP contribution in [0.1, 0.15) is 48.7 Å². The van der Waals surface area contributed by atoms with Crippen LogP contribution < -0.4 is 5.32 Å². The number of aromatic nitrogens is 3. The van der Waals surface area contributed by atoms with Crippen molar-refractivity contribution in [3.05, 3.63) is 47.8 Å². The summed E-state index contributed by atoms with van der Waals surface area (Å²) in [5.74, 6) is 0.438. The molecule has 0 saturated heterocycles. The first-order valence-corrected chi connectivity index (χ1v) is 7.44. The van der Waals surface area contributed by atoms with Crippen LogP contribution in [0.4, 0.5) is 0 Å². The molecule has 0 bridgehead atoms. The molecule has 0 amide bonds. The van der Waals surface area contributed by atoms with E-state index in [2.05, 4.69) is 34.5 Å². The molecule has 2 unspecified atom stereocenters. The molecule has 2 aromatic rings. The first-order valence-electron chi connectivity index (χ1n) is 7.44. The highest BCUT2D eigenvalue weighted by molar-refractivity contribution is 5.31. The van der Waals surface area contributed by atoms with Gasteiger partial charge in [-0.05, 0) is 37.4 Å². The third kappa shape index (κ3) is 2.48. The van der Waals surface area contributed by atoms with Crippen molar-refractivity contribution in [3.63, 3.8) is 0 Å². The molecular weight excluding hydrogens is 248 g/mol. The maximum Gasteiger partial charge on any atom is 0.0947 e. The average Bonchev–Trinajstić information content (AvgIpc) is 3.07. The van der Waals surface area contributed by atoms with Crippen molar-refractivity contribution in [1.82, 2.24) is 19.9 Å². The molecule has 4 heteroatoms. The maximum atomic E-state index is 4.63. The van der Waals surface area contributed by atoms with Crippen LogP contribution in [0.25, 0.3) is 0 Å². The van der Waals surface area contributed by atoms with E-state index in [0.29, 0.717) is 5.92 Å². The molecule has 106 valence electrons. The molecule has 1 aliphatic carbocycles. The quantitative estimate of drug-likeness (QED) is 0.908. The molecule has 0 saturated carbocycles. The van der Waals surface area contributed by atoms with Gasteiger partial charge in [-0.1, -0.05) is 13.0 Å². The molecule has 0 spiro atoms. The van der Waals surface area contributed by atoms with Crippen molar-refractivity contribution < 1.29 is 0 Å². The van der Waals surface area contributed by atoms with E-state index < -0.39 is 0 Å². The number of nitrogens with zero attached hydrogens (tertiary/aromatic N) is 3. The monoisotopic (exact) mass is 270 g/mol. The number of pyridine rings is 1. The Morgan fingerprint density at radius 2 is 2.35 bits per heavy atom. The molecule has 1 N–H and O–H groups in total. The summed E-state index contributed by atoms with van der Waals surface area (Å²) in [5.41, 5.74) is 3.79. The van der Waals surface area contributed by atoms with Gasteiger partial charge in [-0.3, -0.25) is 4.98 Å². The number of imidazole rings is 1. The van der Waals surface area contributed by atoms with Crippen LogP contribution >= 0.6 is 0 Å². The van der Waals surface area contributed by atoms with Crippen LogP contribution in [0.2, 0.25) is 0 Å². The number of fused-ring (bicyclic) bond motifs is 1. The molecule has 1 aliphatic rings. The number of aryl methyl sites for hydroxylation is 2. The molecule has 4 nitrogen and oxygen atoms in total. The lowest BCUT2D eigenvalue weighted by molar-refractivity contribution is 0.429. The van der Waals surface area contributed by atoms with Crippen LogP contribution in [0.3, 0.4) is 0 Å². The molecule has 2 heterocycles. The van der Waals surface area contributed by atoms with E-state index >= 15 is 0 Å². The van der Waals surface area contributed by atoms with Gasteiger partial charge in [0, 0.05) is 31.1 Å². The predicted octanol–water partition coefficient (Wildman–Crippen LogP) is 2.59. The van der Waals surface area contributed by atoms with Gasteiger partial charge in [0.25, 0.3) is 0 Å². The molecule has 0 aromatic carbocycles. The Bertz CT molecular complexity index is 575. The summed E-state index contributed by atoms with van der Waals surface area (Å²) in [6.45, 7) is 3.21.